The first-order valence-corrected chi connectivity index (χ1v) is 6.69. The monoisotopic (exact) mass is 254 g/mol. The first-order valence-electron chi connectivity index (χ1n) is 6.69. The number of methoxy groups -OCH3 is 1. The van der Waals surface area contributed by atoms with E-state index >= 15 is 0 Å². The molecule has 0 atom stereocenters. The molecule has 3 heteroatoms. The number of aromatic nitrogens is 1. The summed E-state index contributed by atoms with van der Waals surface area (Å²) in [5, 5.41) is 3.41. The Kier molecular flexibility index (Phi) is 3.36. The average Bonchev–Trinajstić information content (AvgIpc) is 2.93. The van der Waals surface area contributed by atoms with Crippen molar-refractivity contribution in [3.63, 3.8) is 0 Å². The molecule has 0 amide bonds. The van der Waals surface area contributed by atoms with Gasteiger partial charge >= 0.3 is 0 Å². The molecule has 2 aromatic rings. The van der Waals surface area contributed by atoms with Crippen LogP contribution in [0.5, 0.6) is 5.75 Å². The van der Waals surface area contributed by atoms with Crippen molar-refractivity contribution in [2.45, 2.75) is 25.8 Å². The first-order chi connectivity index (χ1) is 9.36. The number of fused-ring (bicyclic) bond motifs is 1. The number of benzene rings is 1. The number of rotatable bonds is 4. The van der Waals surface area contributed by atoms with Crippen LogP contribution in [0.2, 0.25) is 0 Å². The Morgan fingerprint density at radius 2 is 2.05 bits per heavy atom. The minimum absolute atomic E-state index is 0.813. The molecule has 1 N–H and O–H groups in total. The van der Waals surface area contributed by atoms with Crippen LogP contribution in [-0.4, -0.2) is 12.1 Å². The summed E-state index contributed by atoms with van der Waals surface area (Å²) in [5.41, 5.74) is 5.21. The van der Waals surface area contributed by atoms with Gasteiger partial charge in [0.05, 0.1) is 7.11 Å². The number of pyridine rings is 1. The number of nitrogens with zero attached hydrogens (tertiary/aromatic N) is 1. The van der Waals surface area contributed by atoms with Crippen LogP contribution in [0, 0.1) is 0 Å². The van der Waals surface area contributed by atoms with Gasteiger partial charge in [-0.05, 0) is 54.2 Å². The second-order valence-corrected chi connectivity index (χ2v) is 4.88. The summed E-state index contributed by atoms with van der Waals surface area (Å²) in [7, 11) is 1.76. The van der Waals surface area contributed by atoms with Gasteiger partial charge in [0.2, 0.25) is 0 Å². The SMILES string of the molecule is COc1cc(CNc2ccncc2)cc2c1CCC2. The van der Waals surface area contributed by atoms with Gasteiger partial charge in [-0.15, -0.1) is 0 Å². The number of ether oxygens (including phenoxy) is 1. The van der Waals surface area contributed by atoms with E-state index in [0.29, 0.717) is 0 Å². The highest BCUT2D eigenvalue weighted by Gasteiger charge is 2.16. The summed E-state index contributed by atoms with van der Waals surface area (Å²) in [6.45, 7) is 0.813. The van der Waals surface area contributed by atoms with Gasteiger partial charge in [0.1, 0.15) is 5.75 Å². The zero-order valence-electron chi connectivity index (χ0n) is 11.1. The van der Waals surface area contributed by atoms with Crippen LogP contribution < -0.4 is 10.1 Å². The molecule has 3 rings (SSSR count). The molecule has 1 aliphatic rings. The summed E-state index contributed by atoms with van der Waals surface area (Å²) >= 11 is 0. The lowest BCUT2D eigenvalue weighted by molar-refractivity contribution is 0.410. The molecule has 98 valence electrons. The average molecular weight is 254 g/mol. The molecular weight excluding hydrogens is 236 g/mol. The topological polar surface area (TPSA) is 34.1 Å². The Labute approximate surface area is 113 Å². The van der Waals surface area contributed by atoms with E-state index in [1.54, 1.807) is 19.5 Å². The fraction of sp³-hybridized carbons (Fsp3) is 0.312. The van der Waals surface area contributed by atoms with E-state index in [-0.39, 0.29) is 0 Å². The molecule has 0 saturated heterocycles. The van der Waals surface area contributed by atoms with Crippen LogP contribution in [0.4, 0.5) is 5.69 Å². The molecule has 0 saturated carbocycles. The number of aryl methyl sites for hydroxylation is 1. The fourth-order valence-corrected chi connectivity index (χ4v) is 2.69. The Balaban J connectivity index is 1.78. The maximum atomic E-state index is 5.51. The van der Waals surface area contributed by atoms with E-state index in [1.165, 1.54) is 29.5 Å². The van der Waals surface area contributed by atoms with E-state index in [0.717, 1.165) is 24.4 Å². The zero-order valence-corrected chi connectivity index (χ0v) is 11.1. The standard InChI is InChI=1S/C16H18N2O/c1-19-16-10-12(9-13-3-2-4-15(13)16)11-18-14-5-7-17-8-6-14/h5-10H,2-4,11H2,1H3,(H,17,18). The third kappa shape index (κ3) is 2.55. The number of nitrogens with one attached hydrogen (secondary N) is 1. The minimum Gasteiger partial charge on any atom is -0.496 e. The molecule has 1 heterocycles. The molecule has 0 radical (unpaired) electrons. The van der Waals surface area contributed by atoms with Crippen LogP contribution in [0.25, 0.3) is 0 Å². The van der Waals surface area contributed by atoms with Crippen molar-refractivity contribution in [3.8, 4) is 5.75 Å². The molecule has 19 heavy (non-hydrogen) atoms. The van der Waals surface area contributed by atoms with Gasteiger partial charge in [0.15, 0.2) is 0 Å². The van der Waals surface area contributed by atoms with Gasteiger partial charge in [-0.1, -0.05) is 6.07 Å². The highest BCUT2D eigenvalue weighted by atomic mass is 16.5. The van der Waals surface area contributed by atoms with Crippen LogP contribution in [0.3, 0.4) is 0 Å². The van der Waals surface area contributed by atoms with E-state index < -0.39 is 0 Å². The van der Waals surface area contributed by atoms with Crippen LogP contribution in [0.1, 0.15) is 23.1 Å². The smallest absolute Gasteiger partial charge is 0.122 e. The van der Waals surface area contributed by atoms with Gasteiger partial charge in [0.25, 0.3) is 0 Å². The molecular formula is C16H18N2O. The fourth-order valence-electron chi connectivity index (χ4n) is 2.69. The van der Waals surface area contributed by atoms with Crippen molar-refractivity contribution in [3.05, 3.63) is 53.3 Å². The van der Waals surface area contributed by atoms with Crippen molar-refractivity contribution < 1.29 is 4.74 Å². The second-order valence-electron chi connectivity index (χ2n) is 4.88. The maximum Gasteiger partial charge on any atom is 0.122 e. The Hall–Kier alpha value is -2.03. The van der Waals surface area contributed by atoms with E-state index in [2.05, 4.69) is 22.4 Å². The summed E-state index contributed by atoms with van der Waals surface area (Å²) in [6, 6.07) is 8.41. The zero-order chi connectivity index (χ0) is 13.1. The normalized spacial score (nSPS) is 13.1. The van der Waals surface area contributed by atoms with E-state index in [9.17, 15) is 0 Å². The summed E-state index contributed by atoms with van der Waals surface area (Å²) < 4.78 is 5.51. The maximum absolute atomic E-state index is 5.51. The van der Waals surface area contributed by atoms with E-state index in [1.807, 2.05) is 12.1 Å². The predicted molar refractivity (Wildman–Crippen MR) is 76.6 cm³/mol. The Morgan fingerprint density at radius 1 is 1.21 bits per heavy atom. The van der Waals surface area contributed by atoms with Crippen LogP contribution in [0.15, 0.2) is 36.7 Å². The van der Waals surface area contributed by atoms with Crippen LogP contribution >= 0.6 is 0 Å². The Morgan fingerprint density at radius 3 is 2.84 bits per heavy atom. The van der Waals surface area contributed by atoms with Gasteiger partial charge in [0, 0.05) is 24.6 Å². The quantitative estimate of drug-likeness (QED) is 0.909. The van der Waals surface area contributed by atoms with Crippen molar-refractivity contribution >= 4 is 5.69 Å². The highest BCUT2D eigenvalue weighted by Crippen LogP contribution is 2.32. The number of hydrogen-bond acceptors (Lipinski definition) is 3. The number of hydrogen-bond donors (Lipinski definition) is 1. The molecule has 3 nitrogen and oxygen atoms in total. The van der Waals surface area contributed by atoms with Crippen molar-refractivity contribution in [1.82, 2.24) is 4.98 Å². The summed E-state index contributed by atoms with van der Waals surface area (Å²) in [6.07, 6.45) is 7.16. The lowest BCUT2D eigenvalue weighted by atomic mass is 10.0. The van der Waals surface area contributed by atoms with Crippen molar-refractivity contribution in [2.24, 2.45) is 0 Å². The summed E-state index contributed by atoms with van der Waals surface area (Å²) in [4.78, 5) is 4.01. The van der Waals surface area contributed by atoms with Gasteiger partial charge in [-0.2, -0.15) is 0 Å². The van der Waals surface area contributed by atoms with Crippen molar-refractivity contribution in [2.75, 3.05) is 12.4 Å². The van der Waals surface area contributed by atoms with Crippen LogP contribution in [-0.2, 0) is 19.4 Å². The second kappa shape index (κ2) is 5.31. The molecule has 0 spiro atoms. The summed E-state index contributed by atoms with van der Waals surface area (Å²) in [5.74, 6) is 1.04. The molecule has 0 fully saturated rings. The van der Waals surface area contributed by atoms with Gasteiger partial charge < -0.3 is 10.1 Å². The van der Waals surface area contributed by atoms with Gasteiger partial charge in [-0.3, -0.25) is 4.98 Å². The minimum atomic E-state index is 0.813. The third-order valence-electron chi connectivity index (χ3n) is 3.63. The van der Waals surface area contributed by atoms with E-state index in [4.69, 9.17) is 4.74 Å². The molecule has 1 aromatic heterocycles. The largest absolute Gasteiger partial charge is 0.496 e. The van der Waals surface area contributed by atoms with Crippen molar-refractivity contribution in [1.29, 1.82) is 0 Å². The lowest BCUT2D eigenvalue weighted by Gasteiger charge is -2.12. The molecule has 0 aliphatic heterocycles. The molecule has 0 bridgehead atoms. The van der Waals surface area contributed by atoms with Gasteiger partial charge in [-0.25, -0.2) is 0 Å². The molecule has 1 aliphatic carbocycles. The number of anilines is 1. The molecule has 1 aromatic carbocycles. The first kappa shape index (κ1) is 12.0. The molecule has 0 unspecified atom stereocenters. The lowest BCUT2D eigenvalue weighted by Crippen LogP contribution is -2.01. The highest BCUT2D eigenvalue weighted by molar-refractivity contribution is 5.48. The Bertz CT molecular complexity index is 566. The third-order valence-corrected chi connectivity index (χ3v) is 3.63. The predicted octanol–water partition coefficient (Wildman–Crippen LogP) is 3.19.